The minimum absolute atomic E-state index is 0.0256. The summed E-state index contributed by atoms with van der Waals surface area (Å²) >= 11 is 5.98. The summed E-state index contributed by atoms with van der Waals surface area (Å²) in [6.07, 6.45) is 0. The highest BCUT2D eigenvalue weighted by Crippen LogP contribution is 2.32. The van der Waals surface area contributed by atoms with Crippen LogP contribution in [0, 0.1) is 0 Å². The van der Waals surface area contributed by atoms with E-state index < -0.39 is 23.9 Å². The predicted octanol–water partition coefficient (Wildman–Crippen LogP) is 2.41. The standard InChI is InChI=1S/C17H14ClN3O5/c1-7-13(15(19)22)14(21-17(25)20-7)12-5-4-11(26-12)8-2-3-9(16(23)24)10(18)6-8/h2-6,14H,1H3,(H2,19,22)(H,23,24)(H2,20,21,25)/t14-/m0/s1. The van der Waals surface area contributed by atoms with Gasteiger partial charge in [0.2, 0.25) is 5.91 Å². The lowest BCUT2D eigenvalue weighted by Gasteiger charge is -2.25. The number of benzene rings is 1. The fraction of sp³-hybridized carbons (Fsp3) is 0.118. The molecule has 0 saturated carbocycles. The summed E-state index contributed by atoms with van der Waals surface area (Å²) in [5.74, 6) is -1.12. The number of urea groups is 1. The maximum atomic E-state index is 11.7. The minimum Gasteiger partial charge on any atom is -0.478 e. The Balaban J connectivity index is 1.98. The number of hydrogen-bond acceptors (Lipinski definition) is 4. The predicted molar refractivity (Wildman–Crippen MR) is 92.4 cm³/mol. The van der Waals surface area contributed by atoms with Crippen molar-refractivity contribution in [2.75, 3.05) is 0 Å². The van der Waals surface area contributed by atoms with Gasteiger partial charge in [-0.3, -0.25) is 4.79 Å². The molecule has 1 aromatic heterocycles. The van der Waals surface area contributed by atoms with Crippen molar-refractivity contribution in [3.63, 3.8) is 0 Å². The largest absolute Gasteiger partial charge is 0.478 e. The van der Waals surface area contributed by atoms with Crippen LogP contribution in [0.2, 0.25) is 5.02 Å². The van der Waals surface area contributed by atoms with Crippen molar-refractivity contribution >= 4 is 29.5 Å². The van der Waals surface area contributed by atoms with E-state index in [4.69, 9.17) is 26.9 Å². The molecule has 2 heterocycles. The number of carboxylic acid groups (broad SMARTS) is 1. The Kier molecular flexibility index (Phi) is 4.43. The highest BCUT2D eigenvalue weighted by atomic mass is 35.5. The average molecular weight is 376 g/mol. The summed E-state index contributed by atoms with van der Waals surface area (Å²) in [7, 11) is 0. The van der Waals surface area contributed by atoms with Crippen LogP contribution in [0.25, 0.3) is 11.3 Å². The van der Waals surface area contributed by atoms with E-state index in [0.717, 1.165) is 0 Å². The zero-order valence-electron chi connectivity index (χ0n) is 13.5. The maximum Gasteiger partial charge on any atom is 0.337 e. The second-order valence-electron chi connectivity index (χ2n) is 5.64. The molecule has 0 unspecified atom stereocenters. The van der Waals surface area contributed by atoms with Crippen molar-refractivity contribution in [1.82, 2.24) is 10.6 Å². The van der Waals surface area contributed by atoms with E-state index in [2.05, 4.69) is 10.6 Å². The van der Waals surface area contributed by atoms with Gasteiger partial charge >= 0.3 is 12.0 Å². The maximum absolute atomic E-state index is 11.7. The number of carbonyl (C=O) groups is 3. The molecule has 134 valence electrons. The molecule has 3 amide bonds. The second kappa shape index (κ2) is 6.57. The van der Waals surface area contributed by atoms with E-state index in [-0.39, 0.29) is 16.2 Å². The number of hydrogen-bond donors (Lipinski definition) is 4. The minimum atomic E-state index is -1.13. The lowest BCUT2D eigenvalue weighted by molar-refractivity contribution is -0.115. The van der Waals surface area contributed by atoms with Gasteiger partial charge in [0.25, 0.3) is 0 Å². The molecule has 1 atom stereocenters. The Morgan fingerprint density at radius 2 is 2.00 bits per heavy atom. The van der Waals surface area contributed by atoms with Crippen LogP contribution in [0.3, 0.4) is 0 Å². The number of rotatable bonds is 4. The molecule has 1 aliphatic rings. The summed E-state index contributed by atoms with van der Waals surface area (Å²) in [5.41, 5.74) is 6.46. The number of primary amides is 1. The van der Waals surface area contributed by atoms with Gasteiger partial charge in [-0.25, -0.2) is 9.59 Å². The molecule has 26 heavy (non-hydrogen) atoms. The number of furan rings is 1. The van der Waals surface area contributed by atoms with Crippen LogP contribution >= 0.6 is 11.6 Å². The molecule has 0 spiro atoms. The van der Waals surface area contributed by atoms with Crippen LogP contribution in [0.4, 0.5) is 4.79 Å². The molecule has 1 aliphatic heterocycles. The lowest BCUT2D eigenvalue weighted by Crippen LogP contribution is -2.46. The number of carbonyl (C=O) groups excluding carboxylic acids is 2. The molecule has 5 N–H and O–H groups in total. The highest BCUT2D eigenvalue weighted by molar-refractivity contribution is 6.33. The van der Waals surface area contributed by atoms with Gasteiger partial charge in [0.1, 0.15) is 17.6 Å². The van der Waals surface area contributed by atoms with Gasteiger partial charge in [-0.2, -0.15) is 0 Å². The van der Waals surface area contributed by atoms with Crippen LogP contribution in [0.1, 0.15) is 29.1 Å². The molecule has 0 aliphatic carbocycles. The topological polar surface area (TPSA) is 135 Å². The smallest absolute Gasteiger partial charge is 0.337 e. The number of amides is 3. The van der Waals surface area contributed by atoms with E-state index >= 15 is 0 Å². The first-order valence-corrected chi connectivity index (χ1v) is 7.86. The van der Waals surface area contributed by atoms with Crippen molar-refractivity contribution in [2.24, 2.45) is 5.73 Å². The molecule has 2 aromatic rings. The molecular weight excluding hydrogens is 362 g/mol. The molecule has 0 bridgehead atoms. The van der Waals surface area contributed by atoms with Gasteiger partial charge in [0.15, 0.2) is 0 Å². The first kappa shape index (κ1) is 17.6. The second-order valence-corrected chi connectivity index (χ2v) is 6.04. The number of aromatic carboxylic acids is 1. The Hall–Kier alpha value is -3.26. The molecule has 0 fully saturated rings. The molecule has 0 radical (unpaired) electrons. The highest BCUT2D eigenvalue weighted by Gasteiger charge is 2.32. The Bertz CT molecular complexity index is 963. The molecule has 0 saturated heterocycles. The summed E-state index contributed by atoms with van der Waals surface area (Å²) in [5, 5.41) is 14.2. The summed E-state index contributed by atoms with van der Waals surface area (Å²) < 4.78 is 5.75. The van der Waals surface area contributed by atoms with Crippen LogP contribution in [0.15, 0.2) is 46.0 Å². The number of carboxylic acids is 1. The third-order valence-electron chi connectivity index (χ3n) is 3.93. The monoisotopic (exact) mass is 375 g/mol. The van der Waals surface area contributed by atoms with E-state index in [1.165, 1.54) is 12.1 Å². The quantitative estimate of drug-likeness (QED) is 0.650. The summed E-state index contributed by atoms with van der Waals surface area (Å²) in [6.45, 7) is 1.57. The normalized spacial score (nSPS) is 16.8. The van der Waals surface area contributed by atoms with Gasteiger partial charge < -0.3 is 25.9 Å². The van der Waals surface area contributed by atoms with Crippen molar-refractivity contribution in [3.8, 4) is 11.3 Å². The van der Waals surface area contributed by atoms with Crippen molar-refractivity contribution in [2.45, 2.75) is 13.0 Å². The SMILES string of the molecule is CC1=C(C(N)=O)[C@H](c2ccc(-c3ccc(C(=O)O)c(Cl)c3)o2)NC(=O)N1. The van der Waals surface area contributed by atoms with E-state index in [9.17, 15) is 14.4 Å². The van der Waals surface area contributed by atoms with Gasteiger partial charge in [-0.1, -0.05) is 17.7 Å². The molecular formula is C17H14ClN3O5. The van der Waals surface area contributed by atoms with Crippen molar-refractivity contribution in [3.05, 3.63) is 57.9 Å². The fourth-order valence-electron chi connectivity index (χ4n) is 2.74. The van der Waals surface area contributed by atoms with Gasteiger partial charge in [0, 0.05) is 11.3 Å². The fourth-order valence-corrected chi connectivity index (χ4v) is 3.00. The number of nitrogens with two attached hydrogens (primary N) is 1. The summed E-state index contributed by atoms with van der Waals surface area (Å²) in [6, 6.07) is 6.30. The van der Waals surface area contributed by atoms with Crippen molar-refractivity contribution < 1.29 is 23.9 Å². The number of allylic oxidation sites excluding steroid dienone is 1. The Morgan fingerprint density at radius 3 is 2.62 bits per heavy atom. The number of halogens is 1. The van der Waals surface area contributed by atoms with Crippen LogP contribution in [0.5, 0.6) is 0 Å². The molecule has 3 rings (SSSR count). The molecule has 1 aromatic carbocycles. The van der Waals surface area contributed by atoms with E-state index in [1.807, 2.05) is 0 Å². The van der Waals surface area contributed by atoms with E-state index in [0.29, 0.717) is 22.8 Å². The zero-order valence-corrected chi connectivity index (χ0v) is 14.3. The Labute approximate surface area is 152 Å². The molecule has 8 nitrogen and oxygen atoms in total. The number of nitrogens with one attached hydrogen (secondary N) is 2. The van der Waals surface area contributed by atoms with Gasteiger partial charge in [-0.05, 0) is 31.2 Å². The van der Waals surface area contributed by atoms with Crippen LogP contribution in [-0.4, -0.2) is 23.0 Å². The van der Waals surface area contributed by atoms with Crippen LogP contribution < -0.4 is 16.4 Å². The first-order valence-electron chi connectivity index (χ1n) is 7.49. The van der Waals surface area contributed by atoms with Crippen LogP contribution in [-0.2, 0) is 4.79 Å². The Morgan fingerprint density at radius 1 is 1.27 bits per heavy atom. The van der Waals surface area contributed by atoms with Gasteiger partial charge in [-0.15, -0.1) is 0 Å². The first-order chi connectivity index (χ1) is 12.3. The van der Waals surface area contributed by atoms with Gasteiger partial charge in [0.05, 0.1) is 16.2 Å². The summed E-state index contributed by atoms with van der Waals surface area (Å²) in [4.78, 5) is 34.5. The third kappa shape index (κ3) is 3.14. The zero-order chi connectivity index (χ0) is 19.0. The van der Waals surface area contributed by atoms with E-state index in [1.54, 1.807) is 25.1 Å². The lowest BCUT2D eigenvalue weighted by atomic mass is 10.0. The average Bonchev–Trinajstić information content (AvgIpc) is 3.03. The third-order valence-corrected chi connectivity index (χ3v) is 4.24. The van der Waals surface area contributed by atoms with Crippen molar-refractivity contribution in [1.29, 1.82) is 0 Å². The molecule has 9 heteroatoms.